The lowest BCUT2D eigenvalue weighted by Gasteiger charge is -2.25. The van der Waals surface area contributed by atoms with Gasteiger partial charge < -0.3 is 4.74 Å². The predicted molar refractivity (Wildman–Crippen MR) is 66.9 cm³/mol. The summed E-state index contributed by atoms with van der Waals surface area (Å²) in [6.45, 7) is 3.14. The van der Waals surface area contributed by atoms with Gasteiger partial charge in [0.1, 0.15) is 6.54 Å². The molecule has 4 nitrogen and oxygen atoms in total. The minimum Gasteiger partial charge on any atom is -0.465 e. The molecule has 92 valence electrons. The lowest BCUT2D eigenvalue weighted by molar-refractivity contribution is -0.141. The number of ether oxygens (including phenoxy) is 1. The number of esters is 1. The van der Waals surface area contributed by atoms with E-state index < -0.39 is 0 Å². The van der Waals surface area contributed by atoms with Crippen molar-refractivity contribution in [2.24, 2.45) is 0 Å². The van der Waals surface area contributed by atoms with Crippen molar-refractivity contribution >= 4 is 23.3 Å². The van der Waals surface area contributed by atoms with Crippen molar-refractivity contribution in [2.75, 3.05) is 25.2 Å². The lowest BCUT2D eigenvalue weighted by Crippen LogP contribution is -2.39. The molecule has 1 heterocycles. The predicted octanol–water partition coefficient (Wildman–Crippen LogP) is 2.07. The second-order valence-electron chi connectivity index (χ2n) is 3.92. The van der Waals surface area contributed by atoms with E-state index in [1.807, 2.05) is 35.3 Å². The number of hydrazine groups is 1. The monoisotopic (exact) mass is 254 g/mol. The van der Waals surface area contributed by atoms with E-state index >= 15 is 0 Å². The number of nitrogens with zero attached hydrogens (tertiary/aromatic N) is 2. The molecule has 0 saturated heterocycles. The van der Waals surface area contributed by atoms with Crippen molar-refractivity contribution in [3.8, 4) is 0 Å². The molecule has 0 unspecified atom stereocenters. The first-order valence-corrected chi connectivity index (χ1v) is 5.93. The molecule has 5 heteroatoms. The summed E-state index contributed by atoms with van der Waals surface area (Å²) >= 11 is 6.13. The molecule has 0 aliphatic carbocycles. The topological polar surface area (TPSA) is 32.8 Å². The van der Waals surface area contributed by atoms with Gasteiger partial charge in [-0.1, -0.05) is 17.7 Å². The maximum Gasteiger partial charge on any atom is 0.327 e. The van der Waals surface area contributed by atoms with Gasteiger partial charge in [-0.25, -0.2) is 5.01 Å². The number of hydrogen-bond donors (Lipinski definition) is 0. The first-order valence-electron chi connectivity index (χ1n) is 5.55. The zero-order valence-electron chi connectivity index (χ0n) is 9.94. The molecule has 0 fully saturated rings. The number of halogens is 1. The minimum absolute atomic E-state index is 0.220. The van der Waals surface area contributed by atoms with Gasteiger partial charge in [0, 0.05) is 24.2 Å². The Balaban J connectivity index is 2.20. The Kier molecular flexibility index (Phi) is 3.54. The number of benzene rings is 1. The summed E-state index contributed by atoms with van der Waals surface area (Å²) in [4.78, 5) is 11.5. The van der Waals surface area contributed by atoms with Crippen LogP contribution in [0.5, 0.6) is 0 Å². The van der Waals surface area contributed by atoms with Crippen LogP contribution >= 0.6 is 11.6 Å². The van der Waals surface area contributed by atoms with Crippen molar-refractivity contribution in [3.05, 3.63) is 28.8 Å². The highest BCUT2D eigenvalue weighted by Crippen LogP contribution is 2.34. The summed E-state index contributed by atoms with van der Waals surface area (Å²) in [7, 11) is 1.93. The van der Waals surface area contributed by atoms with E-state index in [0.29, 0.717) is 13.2 Å². The average Bonchev–Trinajstić information content (AvgIpc) is 2.58. The summed E-state index contributed by atoms with van der Waals surface area (Å²) in [6, 6.07) is 5.71. The van der Waals surface area contributed by atoms with E-state index in [1.165, 1.54) is 0 Å². The Morgan fingerprint density at radius 1 is 1.53 bits per heavy atom. The van der Waals surface area contributed by atoms with Crippen LogP contribution < -0.4 is 5.01 Å². The Hall–Kier alpha value is -1.26. The van der Waals surface area contributed by atoms with E-state index in [1.54, 1.807) is 6.92 Å². The van der Waals surface area contributed by atoms with Gasteiger partial charge in [0.2, 0.25) is 0 Å². The number of fused-ring (bicyclic) bond motifs is 1. The van der Waals surface area contributed by atoms with E-state index in [4.69, 9.17) is 16.3 Å². The highest BCUT2D eigenvalue weighted by atomic mass is 35.5. The van der Waals surface area contributed by atoms with Gasteiger partial charge in [0.25, 0.3) is 0 Å². The van der Waals surface area contributed by atoms with Crippen molar-refractivity contribution in [1.82, 2.24) is 5.01 Å². The Bertz CT molecular complexity index is 437. The maximum atomic E-state index is 11.5. The summed E-state index contributed by atoms with van der Waals surface area (Å²) in [5, 5.41) is 4.59. The van der Waals surface area contributed by atoms with Crippen LogP contribution in [0.1, 0.15) is 12.5 Å². The van der Waals surface area contributed by atoms with Crippen molar-refractivity contribution in [3.63, 3.8) is 0 Å². The first-order chi connectivity index (χ1) is 8.13. The van der Waals surface area contributed by atoms with Crippen molar-refractivity contribution in [1.29, 1.82) is 0 Å². The minimum atomic E-state index is -0.229. The quantitative estimate of drug-likeness (QED) is 0.773. The van der Waals surface area contributed by atoms with E-state index in [0.717, 1.165) is 16.3 Å². The largest absolute Gasteiger partial charge is 0.465 e. The molecule has 2 rings (SSSR count). The van der Waals surface area contributed by atoms with Crippen molar-refractivity contribution < 1.29 is 9.53 Å². The second-order valence-corrected chi connectivity index (χ2v) is 4.32. The zero-order valence-corrected chi connectivity index (χ0v) is 10.7. The van der Waals surface area contributed by atoms with E-state index in [2.05, 4.69) is 0 Å². The summed E-state index contributed by atoms with van der Waals surface area (Å²) < 4.78 is 4.96. The fourth-order valence-corrected chi connectivity index (χ4v) is 2.21. The number of carbonyl (C=O) groups excluding carboxylic acids is 1. The van der Waals surface area contributed by atoms with Gasteiger partial charge in [-0.2, -0.15) is 0 Å². The van der Waals surface area contributed by atoms with E-state index in [9.17, 15) is 4.79 Å². The smallest absolute Gasteiger partial charge is 0.327 e. The first kappa shape index (κ1) is 12.2. The molecular formula is C12H15ClN2O2. The molecule has 0 atom stereocenters. The number of anilines is 1. The molecule has 0 aromatic heterocycles. The molecule has 0 bridgehead atoms. The van der Waals surface area contributed by atoms with Crippen LogP contribution in [0.25, 0.3) is 0 Å². The Labute approximate surface area is 106 Å². The van der Waals surface area contributed by atoms with Crippen molar-refractivity contribution in [2.45, 2.75) is 13.5 Å². The zero-order chi connectivity index (χ0) is 12.4. The normalized spacial score (nSPS) is 14.9. The third-order valence-electron chi connectivity index (χ3n) is 2.76. The van der Waals surface area contributed by atoms with Gasteiger partial charge in [-0.15, -0.1) is 0 Å². The van der Waals surface area contributed by atoms with Crippen LogP contribution in [0.2, 0.25) is 5.02 Å². The molecule has 1 aromatic carbocycles. The molecule has 1 aliphatic rings. The van der Waals surface area contributed by atoms with Gasteiger partial charge in [0.05, 0.1) is 12.3 Å². The highest BCUT2D eigenvalue weighted by molar-refractivity contribution is 6.31. The van der Waals surface area contributed by atoms with Gasteiger partial charge in [0.15, 0.2) is 0 Å². The fourth-order valence-electron chi connectivity index (χ4n) is 1.98. The third kappa shape index (κ3) is 2.37. The molecule has 0 amide bonds. The third-order valence-corrected chi connectivity index (χ3v) is 3.11. The molecule has 0 spiro atoms. The molecule has 17 heavy (non-hydrogen) atoms. The second kappa shape index (κ2) is 4.94. The SMILES string of the molecule is CCOC(=O)CN1c2cccc(Cl)c2CN1C. The molecule has 0 radical (unpaired) electrons. The Morgan fingerprint density at radius 3 is 3.00 bits per heavy atom. The molecule has 1 aliphatic heterocycles. The Morgan fingerprint density at radius 2 is 2.29 bits per heavy atom. The van der Waals surface area contributed by atoms with Gasteiger partial charge in [-0.3, -0.25) is 9.80 Å². The van der Waals surface area contributed by atoms with Crippen LogP contribution in [0.4, 0.5) is 5.69 Å². The molecule has 0 N–H and O–H groups in total. The van der Waals surface area contributed by atoms with Gasteiger partial charge >= 0.3 is 5.97 Å². The number of carbonyl (C=O) groups is 1. The van der Waals surface area contributed by atoms with Crippen LogP contribution in [0.15, 0.2) is 18.2 Å². The maximum absolute atomic E-state index is 11.5. The highest BCUT2D eigenvalue weighted by Gasteiger charge is 2.27. The van der Waals surface area contributed by atoms with Crippen LogP contribution in [-0.2, 0) is 16.1 Å². The molecule has 1 aromatic rings. The van der Waals surface area contributed by atoms with Gasteiger partial charge in [-0.05, 0) is 19.1 Å². The summed E-state index contributed by atoms with van der Waals surface area (Å²) in [5.41, 5.74) is 2.04. The fraction of sp³-hybridized carbons (Fsp3) is 0.417. The van der Waals surface area contributed by atoms with E-state index in [-0.39, 0.29) is 12.5 Å². The summed E-state index contributed by atoms with van der Waals surface area (Å²) in [5.74, 6) is -0.229. The number of rotatable bonds is 3. The average molecular weight is 255 g/mol. The number of hydrogen-bond acceptors (Lipinski definition) is 4. The standard InChI is InChI=1S/C12H15ClN2O2/c1-3-17-12(16)8-15-11-6-4-5-10(13)9(11)7-14(15)2/h4-6H,3,7-8H2,1-2H3. The van der Waals surface area contributed by atoms with Crippen LogP contribution in [0, 0.1) is 0 Å². The molecule has 0 saturated carbocycles. The lowest BCUT2D eigenvalue weighted by atomic mass is 10.2. The van der Waals surface area contributed by atoms with Crippen LogP contribution in [-0.4, -0.2) is 31.2 Å². The summed E-state index contributed by atoms with van der Waals surface area (Å²) in [6.07, 6.45) is 0. The molecular weight excluding hydrogens is 240 g/mol. The van der Waals surface area contributed by atoms with Crippen LogP contribution in [0.3, 0.4) is 0 Å².